The van der Waals surface area contributed by atoms with Crippen LogP contribution in [0, 0.1) is 11.3 Å². The Bertz CT molecular complexity index is 443. The number of benzene rings is 1. The van der Waals surface area contributed by atoms with E-state index >= 15 is 0 Å². The fraction of sp³-hybridized carbons (Fsp3) is 0.273. The smallest absolute Gasteiger partial charge is 0.335 e. The number of carboxylic acid groups (broad SMARTS) is 1. The highest BCUT2D eigenvalue weighted by molar-refractivity contribution is 5.87. The maximum atomic E-state index is 10.8. The zero-order valence-electron chi connectivity index (χ0n) is 7.93. The number of hydrogen-bond acceptors (Lipinski definition) is 3. The van der Waals surface area contributed by atoms with Crippen LogP contribution in [-0.4, -0.2) is 24.3 Å². The number of carboxylic acids is 1. The van der Waals surface area contributed by atoms with Gasteiger partial charge in [0.2, 0.25) is 0 Å². The van der Waals surface area contributed by atoms with Crippen molar-refractivity contribution in [3.63, 3.8) is 0 Å². The molecule has 1 fully saturated rings. The molecule has 0 bridgehead atoms. The molecule has 0 atom stereocenters. The summed E-state index contributed by atoms with van der Waals surface area (Å²) in [6.07, 6.45) is 0. The molecule has 0 radical (unpaired) electrons. The fourth-order valence-corrected chi connectivity index (χ4v) is 1.55. The first kappa shape index (κ1) is 9.69. The molecule has 1 N–H and O–H groups in total. The summed E-state index contributed by atoms with van der Waals surface area (Å²) in [6.45, 7) is 0.680. The van der Waals surface area contributed by atoms with Gasteiger partial charge in [0, 0.05) is 0 Å². The lowest BCUT2D eigenvalue weighted by Gasteiger charge is -2.35. The van der Waals surface area contributed by atoms with Crippen LogP contribution in [0.5, 0.6) is 0 Å². The topological polar surface area (TPSA) is 70.3 Å². The Morgan fingerprint density at radius 3 is 2.73 bits per heavy atom. The number of carbonyl (C=O) groups is 1. The second kappa shape index (κ2) is 3.37. The van der Waals surface area contributed by atoms with E-state index in [2.05, 4.69) is 6.07 Å². The van der Waals surface area contributed by atoms with E-state index in [4.69, 9.17) is 15.1 Å². The molecule has 0 aromatic heterocycles. The van der Waals surface area contributed by atoms with Crippen LogP contribution in [0.2, 0.25) is 0 Å². The zero-order chi connectivity index (χ0) is 10.9. The first-order valence-corrected chi connectivity index (χ1v) is 4.51. The number of aromatic carboxylic acids is 1. The van der Waals surface area contributed by atoms with E-state index in [-0.39, 0.29) is 5.56 Å². The highest BCUT2D eigenvalue weighted by atomic mass is 16.5. The Kier molecular flexibility index (Phi) is 2.18. The summed E-state index contributed by atoms with van der Waals surface area (Å²) in [5.41, 5.74) is 0.274. The quantitative estimate of drug-likeness (QED) is 0.783. The summed E-state index contributed by atoms with van der Waals surface area (Å²) in [5.74, 6) is -0.981. The molecule has 1 heterocycles. The number of hydrogen-bond donors (Lipinski definition) is 1. The Hall–Kier alpha value is -1.86. The summed E-state index contributed by atoms with van der Waals surface area (Å²) >= 11 is 0. The number of rotatable bonds is 2. The molecule has 1 aliphatic rings. The maximum absolute atomic E-state index is 10.8. The molecule has 15 heavy (non-hydrogen) atoms. The summed E-state index contributed by atoms with van der Waals surface area (Å²) < 4.78 is 5.01. The highest BCUT2D eigenvalue weighted by Gasteiger charge is 2.41. The van der Waals surface area contributed by atoms with Crippen molar-refractivity contribution in [2.24, 2.45) is 0 Å². The predicted octanol–water partition coefficient (Wildman–Crippen LogP) is 1.18. The third kappa shape index (κ3) is 1.47. The predicted molar refractivity (Wildman–Crippen MR) is 51.5 cm³/mol. The van der Waals surface area contributed by atoms with Crippen LogP contribution in [0.4, 0.5) is 0 Å². The van der Waals surface area contributed by atoms with Crippen molar-refractivity contribution in [2.75, 3.05) is 13.2 Å². The average Bonchev–Trinajstić information content (AvgIpc) is 2.17. The fourth-order valence-electron chi connectivity index (χ4n) is 1.55. The molecule has 0 aliphatic carbocycles. The molecule has 0 saturated carbocycles. The minimum absolute atomic E-state index is 0.203. The summed E-state index contributed by atoms with van der Waals surface area (Å²) in [6, 6.07) is 8.64. The van der Waals surface area contributed by atoms with E-state index in [1.165, 1.54) is 12.1 Å². The Morgan fingerprint density at radius 2 is 2.27 bits per heavy atom. The van der Waals surface area contributed by atoms with Crippen molar-refractivity contribution >= 4 is 5.97 Å². The first-order chi connectivity index (χ1) is 7.18. The summed E-state index contributed by atoms with van der Waals surface area (Å²) in [7, 11) is 0. The summed E-state index contributed by atoms with van der Waals surface area (Å²) in [4.78, 5) is 10.8. The van der Waals surface area contributed by atoms with Crippen molar-refractivity contribution < 1.29 is 14.6 Å². The number of nitrogens with zero attached hydrogens (tertiary/aromatic N) is 1. The normalized spacial score (nSPS) is 17.5. The van der Waals surface area contributed by atoms with Crippen molar-refractivity contribution in [3.8, 4) is 6.07 Å². The molecule has 1 saturated heterocycles. The van der Waals surface area contributed by atoms with Gasteiger partial charge in [0.15, 0.2) is 0 Å². The largest absolute Gasteiger partial charge is 0.478 e. The Morgan fingerprint density at radius 1 is 1.53 bits per heavy atom. The van der Waals surface area contributed by atoms with Gasteiger partial charge in [0.1, 0.15) is 5.41 Å². The molecule has 0 spiro atoms. The van der Waals surface area contributed by atoms with Crippen molar-refractivity contribution in [3.05, 3.63) is 35.4 Å². The third-order valence-electron chi connectivity index (χ3n) is 2.57. The van der Waals surface area contributed by atoms with E-state index in [0.717, 1.165) is 5.56 Å². The van der Waals surface area contributed by atoms with Crippen LogP contribution in [0.3, 0.4) is 0 Å². The van der Waals surface area contributed by atoms with Gasteiger partial charge in [-0.25, -0.2) is 4.79 Å². The van der Waals surface area contributed by atoms with Crippen LogP contribution < -0.4 is 0 Å². The molecule has 1 aliphatic heterocycles. The van der Waals surface area contributed by atoms with Crippen LogP contribution in [-0.2, 0) is 10.2 Å². The number of ether oxygens (including phenoxy) is 1. The maximum Gasteiger partial charge on any atom is 0.335 e. The lowest BCUT2D eigenvalue weighted by atomic mass is 9.79. The lowest BCUT2D eigenvalue weighted by Crippen LogP contribution is -2.45. The highest BCUT2D eigenvalue weighted by Crippen LogP contribution is 2.31. The standard InChI is InChI=1S/C11H9NO3/c12-5-11(6-15-7-11)9-3-1-2-8(4-9)10(13)14/h1-4H,6-7H2,(H,13,14). The molecule has 1 aromatic rings. The second-order valence-electron chi connectivity index (χ2n) is 3.57. The van der Waals surface area contributed by atoms with Gasteiger partial charge in [-0.05, 0) is 17.7 Å². The molecule has 0 amide bonds. The zero-order valence-corrected chi connectivity index (χ0v) is 7.93. The number of nitriles is 1. The van der Waals surface area contributed by atoms with Crippen molar-refractivity contribution in [2.45, 2.75) is 5.41 Å². The average molecular weight is 203 g/mol. The molecule has 76 valence electrons. The molecular weight excluding hydrogens is 194 g/mol. The van der Waals surface area contributed by atoms with E-state index in [1.54, 1.807) is 12.1 Å². The third-order valence-corrected chi connectivity index (χ3v) is 2.57. The van der Waals surface area contributed by atoms with E-state index in [9.17, 15) is 4.79 Å². The molecule has 2 rings (SSSR count). The van der Waals surface area contributed by atoms with Gasteiger partial charge in [0.25, 0.3) is 0 Å². The minimum Gasteiger partial charge on any atom is -0.478 e. The van der Waals surface area contributed by atoms with Gasteiger partial charge in [-0.3, -0.25) is 0 Å². The van der Waals surface area contributed by atoms with Crippen LogP contribution in [0.15, 0.2) is 24.3 Å². The van der Waals surface area contributed by atoms with Gasteiger partial charge in [-0.15, -0.1) is 0 Å². The van der Waals surface area contributed by atoms with Crippen LogP contribution >= 0.6 is 0 Å². The molecular formula is C11H9NO3. The Labute approximate surface area is 86.7 Å². The van der Waals surface area contributed by atoms with Crippen molar-refractivity contribution in [1.29, 1.82) is 5.26 Å². The van der Waals surface area contributed by atoms with Gasteiger partial charge >= 0.3 is 5.97 Å². The van der Waals surface area contributed by atoms with E-state index < -0.39 is 11.4 Å². The lowest BCUT2D eigenvalue weighted by molar-refractivity contribution is -0.0298. The van der Waals surface area contributed by atoms with Crippen LogP contribution in [0.25, 0.3) is 0 Å². The SMILES string of the molecule is N#CC1(c2cccc(C(=O)O)c2)COC1. The Balaban J connectivity index is 2.41. The first-order valence-electron chi connectivity index (χ1n) is 4.51. The van der Waals surface area contributed by atoms with Gasteiger partial charge in [0.05, 0.1) is 24.8 Å². The molecule has 4 nitrogen and oxygen atoms in total. The van der Waals surface area contributed by atoms with Crippen molar-refractivity contribution in [1.82, 2.24) is 0 Å². The van der Waals surface area contributed by atoms with E-state index in [1.807, 2.05) is 0 Å². The van der Waals surface area contributed by atoms with E-state index in [0.29, 0.717) is 13.2 Å². The summed E-state index contributed by atoms with van der Waals surface area (Å²) in [5, 5.41) is 17.9. The molecule has 0 unspecified atom stereocenters. The van der Waals surface area contributed by atoms with Gasteiger partial charge in [-0.2, -0.15) is 5.26 Å². The molecule has 1 aromatic carbocycles. The second-order valence-corrected chi connectivity index (χ2v) is 3.57. The van der Waals surface area contributed by atoms with Gasteiger partial charge < -0.3 is 9.84 Å². The monoisotopic (exact) mass is 203 g/mol. The molecule has 4 heteroatoms. The van der Waals surface area contributed by atoms with Crippen LogP contribution in [0.1, 0.15) is 15.9 Å². The minimum atomic E-state index is -0.981. The van der Waals surface area contributed by atoms with Gasteiger partial charge in [-0.1, -0.05) is 12.1 Å².